The Labute approximate surface area is 147 Å². The van der Waals surface area contributed by atoms with Gasteiger partial charge >= 0.3 is 12.1 Å². The molecule has 4 aromatic rings. The Morgan fingerprint density at radius 3 is 2.85 bits per heavy atom. The number of fused-ring (bicyclic) bond motifs is 1. The molecule has 0 atom stereocenters. The largest absolute Gasteiger partial charge is 0.471 e. The van der Waals surface area contributed by atoms with Crippen LogP contribution in [0.25, 0.3) is 21.6 Å². The van der Waals surface area contributed by atoms with Crippen molar-refractivity contribution in [2.45, 2.75) is 12.6 Å². The number of thiophene rings is 1. The Hall–Kier alpha value is -3.01. The van der Waals surface area contributed by atoms with Gasteiger partial charge in [0.15, 0.2) is 0 Å². The van der Waals surface area contributed by atoms with Crippen LogP contribution in [0.5, 0.6) is 0 Å². The minimum absolute atomic E-state index is 0.193. The summed E-state index contributed by atoms with van der Waals surface area (Å²) in [6.45, 7) is 0. The number of nitrogens with one attached hydrogen (secondary N) is 1. The van der Waals surface area contributed by atoms with Gasteiger partial charge in [-0.1, -0.05) is 11.2 Å². The third-order valence-corrected chi connectivity index (χ3v) is 4.73. The number of pyridine rings is 2. The van der Waals surface area contributed by atoms with Crippen molar-refractivity contribution < 1.29 is 17.7 Å². The van der Waals surface area contributed by atoms with Gasteiger partial charge in [-0.3, -0.25) is 4.79 Å². The summed E-state index contributed by atoms with van der Waals surface area (Å²) in [5.41, 5.74) is 0.0262. The van der Waals surface area contributed by atoms with Crippen LogP contribution in [0, 0.1) is 0 Å². The Balaban J connectivity index is 1.77. The lowest BCUT2D eigenvalue weighted by Crippen LogP contribution is -2.14. The molecule has 6 nitrogen and oxygen atoms in total. The third-order valence-electron chi connectivity index (χ3n) is 3.67. The smallest absolute Gasteiger partial charge is 0.329 e. The fourth-order valence-electron chi connectivity index (χ4n) is 2.53. The van der Waals surface area contributed by atoms with Crippen molar-refractivity contribution >= 4 is 21.6 Å². The van der Waals surface area contributed by atoms with E-state index in [2.05, 4.69) is 24.6 Å². The first-order valence-electron chi connectivity index (χ1n) is 7.37. The van der Waals surface area contributed by atoms with Crippen molar-refractivity contribution in [1.82, 2.24) is 20.1 Å². The van der Waals surface area contributed by atoms with Crippen LogP contribution in [-0.4, -0.2) is 20.1 Å². The van der Waals surface area contributed by atoms with Crippen LogP contribution in [-0.2, 0) is 12.6 Å². The molecule has 0 amide bonds. The Morgan fingerprint density at radius 2 is 2.12 bits per heavy atom. The highest BCUT2D eigenvalue weighted by atomic mass is 32.1. The fourth-order valence-corrected chi connectivity index (χ4v) is 3.54. The number of halogens is 3. The van der Waals surface area contributed by atoms with Gasteiger partial charge in [0, 0.05) is 40.2 Å². The van der Waals surface area contributed by atoms with E-state index in [9.17, 15) is 18.0 Å². The zero-order valence-electron chi connectivity index (χ0n) is 12.9. The van der Waals surface area contributed by atoms with E-state index in [1.54, 1.807) is 12.3 Å². The molecule has 1 N–H and O–H groups in total. The van der Waals surface area contributed by atoms with Gasteiger partial charge in [0.25, 0.3) is 5.56 Å². The van der Waals surface area contributed by atoms with Gasteiger partial charge in [-0.05, 0) is 18.2 Å². The molecular formula is C16H9F3N4O2S. The standard InChI is InChI=1S/C16H9F3N4O2S/c17-16(18,19)15-22-12(23-25-15)10-3-5-20-13(24)11(10)7-9-6-8-2-1-4-21-14(8)26-9/h1-6H,7H2,(H,20,24). The molecule has 0 aliphatic rings. The van der Waals surface area contributed by atoms with E-state index in [4.69, 9.17) is 0 Å². The molecule has 132 valence electrons. The minimum atomic E-state index is -4.75. The quantitative estimate of drug-likeness (QED) is 0.588. The molecule has 0 aliphatic carbocycles. The number of rotatable bonds is 3. The monoisotopic (exact) mass is 378 g/mol. The summed E-state index contributed by atoms with van der Waals surface area (Å²) in [7, 11) is 0. The maximum atomic E-state index is 12.7. The van der Waals surface area contributed by atoms with Gasteiger partial charge in [0.2, 0.25) is 5.82 Å². The SMILES string of the molecule is O=c1[nH]ccc(-c2noc(C(F)(F)F)n2)c1Cc1cc2cccnc2s1. The van der Waals surface area contributed by atoms with Gasteiger partial charge in [-0.2, -0.15) is 18.2 Å². The third kappa shape index (κ3) is 2.99. The molecular weight excluding hydrogens is 369 g/mol. The van der Waals surface area contributed by atoms with Crippen molar-refractivity contribution in [3.8, 4) is 11.4 Å². The van der Waals surface area contributed by atoms with Crippen molar-refractivity contribution in [2.75, 3.05) is 0 Å². The first kappa shape index (κ1) is 16.5. The zero-order chi connectivity index (χ0) is 18.3. The van der Waals surface area contributed by atoms with E-state index in [0.717, 1.165) is 15.1 Å². The lowest BCUT2D eigenvalue weighted by molar-refractivity contribution is -0.159. The van der Waals surface area contributed by atoms with Crippen molar-refractivity contribution in [3.05, 3.63) is 63.3 Å². The van der Waals surface area contributed by atoms with Gasteiger partial charge in [0.05, 0.1) is 0 Å². The van der Waals surface area contributed by atoms with Gasteiger partial charge in [-0.15, -0.1) is 11.3 Å². The second-order valence-corrected chi connectivity index (χ2v) is 6.52. The first-order valence-corrected chi connectivity index (χ1v) is 8.19. The Kier molecular flexibility index (Phi) is 3.83. The Bertz CT molecular complexity index is 1110. The molecule has 0 bridgehead atoms. The van der Waals surface area contributed by atoms with Crippen LogP contribution in [0.2, 0.25) is 0 Å². The van der Waals surface area contributed by atoms with Crippen LogP contribution in [0.3, 0.4) is 0 Å². The summed E-state index contributed by atoms with van der Waals surface area (Å²) in [6, 6.07) is 7.04. The molecule has 4 rings (SSSR count). The van der Waals surface area contributed by atoms with Gasteiger partial charge in [0.1, 0.15) is 4.83 Å². The molecule has 0 saturated heterocycles. The lowest BCUT2D eigenvalue weighted by atomic mass is 10.1. The number of aromatic amines is 1. The van der Waals surface area contributed by atoms with E-state index in [-0.39, 0.29) is 23.4 Å². The summed E-state index contributed by atoms with van der Waals surface area (Å²) in [4.78, 5) is 24.1. The second-order valence-electron chi connectivity index (χ2n) is 5.41. The average molecular weight is 378 g/mol. The van der Waals surface area contributed by atoms with Crippen LogP contribution in [0.1, 0.15) is 16.3 Å². The van der Waals surface area contributed by atoms with Crippen LogP contribution in [0.15, 0.2) is 46.0 Å². The normalized spacial score (nSPS) is 12.0. The zero-order valence-corrected chi connectivity index (χ0v) is 13.7. The minimum Gasteiger partial charge on any atom is -0.329 e. The number of aromatic nitrogens is 4. The number of hydrogen-bond donors (Lipinski definition) is 1. The summed E-state index contributed by atoms with van der Waals surface area (Å²) >= 11 is 1.41. The fraction of sp³-hybridized carbons (Fsp3) is 0.125. The van der Waals surface area contributed by atoms with Crippen molar-refractivity contribution in [2.24, 2.45) is 0 Å². The maximum absolute atomic E-state index is 12.7. The first-order chi connectivity index (χ1) is 12.4. The summed E-state index contributed by atoms with van der Waals surface area (Å²) in [5.74, 6) is -1.73. The lowest BCUT2D eigenvalue weighted by Gasteiger charge is -2.03. The number of hydrogen-bond acceptors (Lipinski definition) is 6. The maximum Gasteiger partial charge on any atom is 0.471 e. The van der Waals surface area contributed by atoms with Crippen LogP contribution in [0.4, 0.5) is 13.2 Å². The molecule has 0 aliphatic heterocycles. The summed E-state index contributed by atoms with van der Waals surface area (Å²) < 4.78 is 42.3. The molecule has 4 heterocycles. The van der Waals surface area contributed by atoms with E-state index in [1.165, 1.54) is 23.6 Å². The molecule has 4 aromatic heterocycles. The Morgan fingerprint density at radius 1 is 1.27 bits per heavy atom. The molecule has 0 saturated carbocycles. The summed E-state index contributed by atoms with van der Waals surface area (Å²) in [6.07, 6.45) is -1.54. The molecule has 26 heavy (non-hydrogen) atoms. The topological polar surface area (TPSA) is 84.7 Å². The van der Waals surface area contributed by atoms with E-state index < -0.39 is 17.6 Å². The number of alkyl halides is 3. The van der Waals surface area contributed by atoms with Crippen molar-refractivity contribution in [3.63, 3.8) is 0 Å². The second kappa shape index (κ2) is 6.06. The molecule has 10 heteroatoms. The average Bonchev–Trinajstić information content (AvgIpc) is 3.22. The highest BCUT2D eigenvalue weighted by Gasteiger charge is 2.38. The van der Waals surface area contributed by atoms with Crippen LogP contribution < -0.4 is 5.56 Å². The van der Waals surface area contributed by atoms with Gasteiger partial charge in [-0.25, -0.2) is 4.98 Å². The molecule has 0 radical (unpaired) electrons. The highest BCUT2D eigenvalue weighted by Crippen LogP contribution is 2.31. The molecule has 0 unspecified atom stereocenters. The number of nitrogens with zero attached hydrogens (tertiary/aromatic N) is 3. The van der Waals surface area contributed by atoms with E-state index >= 15 is 0 Å². The predicted molar refractivity (Wildman–Crippen MR) is 87.8 cm³/mol. The van der Waals surface area contributed by atoms with E-state index in [0.29, 0.717) is 0 Å². The van der Waals surface area contributed by atoms with E-state index in [1.807, 2.05) is 12.1 Å². The van der Waals surface area contributed by atoms with Gasteiger partial charge < -0.3 is 9.51 Å². The molecule has 0 spiro atoms. The van der Waals surface area contributed by atoms with Crippen LogP contribution >= 0.6 is 11.3 Å². The highest BCUT2D eigenvalue weighted by molar-refractivity contribution is 7.18. The number of H-pyrrole nitrogens is 1. The predicted octanol–water partition coefficient (Wildman–Crippen LogP) is 3.64. The summed E-state index contributed by atoms with van der Waals surface area (Å²) in [5, 5.41) is 4.30. The molecule has 0 fully saturated rings. The molecule has 0 aromatic carbocycles. The van der Waals surface area contributed by atoms with Crippen molar-refractivity contribution in [1.29, 1.82) is 0 Å².